The third-order valence-electron chi connectivity index (χ3n) is 4.73. The number of ether oxygens (including phenoxy) is 1. The number of hydrogen-bond acceptors (Lipinski definition) is 6. The summed E-state index contributed by atoms with van der Waals surface area (Å²) < 4.78 is 10.6. The maximum Gasteiger partial charge on any atom is 0.318 e. The van der Waals surface area contributed by atoms with Gasteiger partial charge in [-0.2, -0.15) is 9.97 Å². The monoisotopic (exact) mass is 394 g/mol. The van der Waals surface area contributed by atoms with Gasteiger partial charge in [-0.1, -0.05) is 35.0 Å². The van der Waals surface area contributed by atoms with Crippen LogP contribution < -0.4 is 10.5 Å². The zero-order chi connectivity index (χ0) is 19.8. The number of anilines is 1. The molecular formula is C21H19ClN4O2. The highest BCUT2D eigenvalue weighted by atomic mass is 35.5. The Balaban J connectivity index is 2.02. The number of benzene rings is 2. The maximum absolute atomic E-state index is 6.32. The molecule has 0 bridgehead atoms. The molecule has 7 heteroatoms. The highest BCUT2D eigenvalue weighted by molar-refractivity contribution is 6.30. The molecule has 0 amide bonds. The first-order valence-corrected chi connectivity index (χ1v) is 9.16. The Morgan fingerprint density at radius 3 is 2.64 bits per heavy atom. The highest BCUT2D eigenvalue weighted by Crippen LogP contribution is 2.37. The Morgan fingerprint density at radius 1 is 1.14 bits per heavy atom. The molecule has 4 rings (SSSR count). The number of halogens is 1. The van der Waals surface area contributed by atoms with Gasteiger partial charge in [0.15, 0.2) is 0 Å². The molecule has 2 aromatic carbocycles. The number of aryl methyl sites for hydroxylation is 2. The van der Waals surface area contributed by atoms with Crippen molar-refractivity contribution in [3.05, 3.63) is 64.0 Å². The Bertz CT molecular complexity index is 1170. The Labute approximate surface area is 167 Å². The van der Waals surface area contributed by atoms with E-state index in [0.717, 1.165) is 44.6 Å². The second-order valence-corrected chi connectivity index (χ2v) is 7.02. The van der Waals surface area contributed by atoms with Crippen LogP contribution in [0.2, 0.25) is 5.02 Å². The van der Waals surface area contributed by atoms with Crippen LogP contribution in [0.3, 0.4) is 0 Å². The second-order valence-electron chi connectivity index (χ2n) is 6.59. The number of methoxy groups -OCH3 is 1. The van der Waals surface area contributed by atoms with Crippen molar-refractivity contribution in [1.29, 1.82) is 0 Å². The standard InChI is InChI=1S/C21H19ClN4O2/c1-11-18(12(2)28-26-11)15-7-8-17-19(20(23)25-21(24-17)27-3)16(15)10-13-5-4-6-14(22)9-13/h4-9H,10H2,1-3H3,(H2,23,24,25). The smallest absolute Gasteiger partial charge is 0.318 e. The van der Waals surface area contributed by atoms with Crippen molar-refractivity contribution >= 4 is 28.3 Å². The Kier molecular flexibility index (Phi) is 4.65. The van der Waals surface area contributed by atoms with E-state index in [1.54, 1.807) is 0 Å². The number of fused-ring (bicyclic) bond motifs is 1. The van der Waals surface area contributed by atoms with Gasteiger partial charge in [-0.15, -0.1) is 0 Å². The summed E-state index contributed by atoms with van der Waals surface area (Å²) in [5.74, 6) is 1.12. The lowest BCUT2D eigenvalue weighted by molar-refractivity contribution is 0.382. The number of hydrogen-bond donors (Lipinski definition) is 1. The zero-order valence-corrected chi connectivity index (χ0v) is 16.5. The summed E-state index contributed by atoms with van der Waals surface area (Å²) in [6, 6.07) is 11.9. The molecule has 0 radical (unpaired) electrons. The van der Waals surface area contributed by atoms with Gasteiger partial charge < -0.3 is 15.0 Å². The summed E-state index contributed by atoms with van der Waals surface area (Å²) in [5.41, 5.74) is 11.9. The molecule has 142 valence electrons. The topological polar surface area (TPSA) is 87.1 Å². The fourth-order valence-corrected chi connectivity index (χ4v) is 3.74. The predicted octanol–water partition coefficient (Wildman–Crippen LogP) is 4.74. The molecule has 0 atom stereocenters. The summed E-state index contributed by atoms with van der Waals surface area (Å²) in [4.78, 5) is 8.75. The van der Waals surface area contributed by atoms with Gasteiger partial charge in [-0.3, -0.25) is 0 Å². The summed E-state index contributed by atoms with van der Waals surface area (Å²) in [6.07, 6.45) is 0.608. The average molecular weight is 395 g/mol. The molecule has 0 saturated heterocycles. The van der Waals surface area contributed by atoms with Crippen LogP contribution in [-0.2, 0) is 6.42 Å². The van der Waals surface area contributed by atoms with E-state index in [1.807, 2.05) is 50.2 Å². The number of nitrogen functional groups attached to an aromatic ring is 1. The van der Waals surface area contributed by atoms with Gasteiger partial charge in [-0.25, -0.2) is 0 Å². The van der Waals surface area contributed by atoms with Crippen LogP contribution >= 0.6 is 11.6 Å². The summed E-state index contributed by atoms with van der Waals surface area (Å²) in [7, 11) is 1.52. The van der Waals surface area contributed by atoms with E-state index in [4.69, 9.17) is 26.6 Å². The molecule has 2 heterocycles. The quantitative estimate of drug-likeness (QED) is 0.538. The normalized spacial score (nSPS) is 11.1. The van der Waals surface area contributed by atoms with Gasteiger partial charge in [0, 0.05) is 16.0 Å². The van der Waals surface area contributed by atoms with E-state index >= 15 is 0 Å². The maximum atomic E-state index is 6.32. The van der Waals surface area contributed by atoms with Crippen LogP contribution in [0, 0.1) is 13.8 Å². The molecular weight excluding hydrogens is 376 g/mol. The first-order valence-electron chi connectivity index (χ1n) is 8.78. The van der Waals surface area contributed by atoms with Crippen molar-refractivity contribution in [3.8, 4) is 17.1 Å². The number of rotatable bonds is 4. The van der Waals surface area contributed by atoms with E-state index in [9.17, 15) is 0 Å². The Hall–Kier alpha value is -3.12. The average Bonchev–Trinajstić information content (AvgIpc) is 3.00. The molecule has 0 aliphatic carbocycles. The van der Waals surface area contributed by atoms with E-state index in [0.29, 0.717) is 17.3 Å². The summed E-state index contributed by atoms with van der Waals surface area (Å²) >= 11 is 6.20. The van der Waals surface area contributed by atoms with E-state index in [1.165, 1.54) is 7.11 Å². The molecule has 6 nitrogen and oxygen atoms in total. The SMILES string of the molecule is COc1nc(N)c2c(Cc3cccc(Cl)c3)c(-c3c(C)noc3C)ccc2n1. The van der Waals surface area contributed by atoms with Crippen molar-refractivity contribution in [2.75, 3.05) is 12.8 Å². The largest absolute Gasteiger partial charge is 0.467 e. The first kappa shape index (κ1) is 18.3. The predicted molar refractivity (Wildman–Crippen MR) is 110 cm³/mol. The summed E-state index contributed by atoms with van der Waals surface area (Å²) in [6.45, 7) is 3.82. The van der Waals surface area contributed by atoms with E-state index in [2.05, 4.69) is 15.1 Å². The van der Waals surface area contributed by atoms with E-state index in [-0.39, 0.29) is 6.01 Å². The van der Waals surface area contributed by atoms with Crippen molar-refractivity contribution in [3.63, 3.8) is 0 Å². The summed E-state index contributed by atoms with van der Waals surface area (Å²) in [5, 5.41) is 5.58. The van der Waals surface area contributed by atoms with Gasteiger partial charge in [0.05, 0.1) is 18.3 Å². The number of nitrogens with two attached hydrogens (primary N) is 1. The van der Waals surface area contributed by atoms with Crippen molar-refractivity contribution in [1.82, 2.24) is 15.1 Å². The van der Waals surface area contributed by atoms with Crippen LogP contribution in [0.15, 0.2) is 40.9 Å². The molecule has 0 spiro atoms. The van der Waals surface area contributed by atoms with Crippen LogP contribution in [0.1, 0.15) is 22.6 Å². The highest BCUT2D eigenvalue weighted by Gasteiger charge is 2.20. The van der Waals surface area contributed by atoms with Crippen LogP contribution in [0.25, 0.3) is 22.0 Å². The van der Waals surface area contributed by atoms with Crippen LogP contribution in [0.5, 0.6) is 6.01 Å². The van der Waals surface area contributed by atoms with Crippen molar-refractivity contribution in [2.45, 2.75) is 20.3 Å². The van der Waals surface area contributed by atoms with Gasteiger partial charge in [0.25, 0.3) is 0 Å². The van der Waals surface area contributed by atoms with E-state index < -0.39 is 0 Å². The molecule has 28 heavy (non-hydrogen) atoms. The molecule has 0 unspecified atom stereocenters. The molecule has 0 aliphatic rings. The molecule has 2 aromatic heterocycles. The van der Waals surface area contributed by atoms with Gasteiger partial charge in [0.2, 0.25) is 0 Å². The van der Waals surface area contributed by atoms with Gasteiger partial charge >= 0.3 is 6.01 Å². The third-order valence-corrected chi connectivity index (χ3v) is 4.97. The van der Waals surface area contributed by atoms with Crippen molar-refractivity contribution < 1.29 is 9.26 Å². The number of nitrogens with zero attached hydrogens (tertiary/aromatic N) is 3. The van der Waals surface area contributed by atoms with Gasteiger partial charge in [-0.05, 0) is 55.2 Å². The van der Waals surface area contributed by atoms with Crippen LogP contribution in [0.4, 0.5) is 5.82 Å². The molecule has 0 aliphatic heterocycles. The lowest BCUT2D eigenvalue weighted by Crippen LogP contribution is -2.03. The fraction of sp³-hybridized carbons (Fsp3) is 0.190. The molecule has 0 fully saturated rings. The molecule has 2 N–H and O–H groups in total. The third kappa shape index (κ3) is 3.16. The first-order chi connectivity index (χ1) is 13.5. The van der Waals surface area contributed by atoms with Gasteiger partial charge in [0.1, 0.15) is 11.6 Å². The number of aromatic nitrogens is 3. The lowest BCUT2D eigenvalue weighted by Gasteiger charge is -2.15. The fourth-order valence-electron chi connectivity index (χ4n) is 3.53. The van der Waals surface area contributed by atoms with Crippen molar-refractivity contribution in [2.24, 2.45) is 0 Å². The molecule has 4 aromatic rings. The second kappa shape index (κ2) is 7.13. The molecule has 0 saturated carbocycles. The zero-order valence-electron chi connectivity index (χ0n) is 15.8. The lowest BCUT2D eigenvalue weighted by atomic mass is 9.91. The van der Waals surface area contributed by atoms with Crippen LogP contribution in [-0.4, -0.2) is 22.2 Å². The minimum absolute atomic E-state index is 0.240. The minimum Gasteiger partial charge on any atom is -0.467 e. The minimum atomic E-state index is 0.240. The Morgan fingerprint density at radius 2 is 1.96 bits per heavy atom.